The number of carbonyl (C=O) groups excluding carboxylic acids is 1. The van der Waals surface area contributed by atoms with E-state index < -0.39 is 0 Å². The van der Waals surface area contributed by atoms with Crippen molar-refractivity contribution < 1.29 is 4.79 Å². The lowest BCUT2D eigenvalue weighted by Gasteiger charge is -2.34. The molecule has 1 amide bonds. The van der Waals surface area contributed by atoms with Gasteiger partial charge in [0, 0.05) is 6.04 Å². The Labute approximate surface area is 117 Å². The minimum absolute atomic E-state index is 0.0611. The van der Waals surface area contributed by atoms with Gasteiger partial charge in [0.1, 0.15) is 0 Å². The summed E-state index contributed by atoms with van der Waals surface area (Å²) in [6, 6.07) is 0.496. The highest BCUT2D eigenvalue weighted by atomic mass is 16.2. The molecule has 0 aromatic carbocycles. The van der Waals surface area contributed by atoms with Gasteiger partial charge in [0.2, 0.25) is 5.91 Å². The molecule has 3 nitrogen and oxygen atoms in total. The van der Waals surface area contributed by atoms with Crippen LogP contribution < -0.4 is 5.32 Å². The van der Waals surface area contributed by atoms with Crippen LogP contribution in [0.25, 0.3) is 0 Å². The molecule has 2 bridgehead atoms. The first kappa shape index (κ1) is 13.4. The van der Waals surface area contributed by atoms with Gasteiger partial charge in [0.25, 0.3) is 0 Å². The molecule has 6 unspecified atom stereocenters. The fourth-order valence-corrected chi connectivity index (χ4v) is 4.68. The molecule has 1 saturated heterocycles. The van der Waals surface area contributed by atoms with E-state index in [1.54, 1.807) is 0 Å². The van der Waals surface area contributed by atoms with Gasteiger partial charge in [-0.2, -0.15) is 0 Å². The Kier molecular flexibility index (Phi) is 3.59. The number of hydrogen-bond acceptors (Lipinski definition) is 2. The van der Waals surface area contributed by atoms with Crippen LogP contribution in [0.15, 0.2) is 0 Å². The standard InChI is InChI=1S/C16H28N2O/c1-4-10(2)15-16(19)18(9-17-15)11(3)14-8-12-5-6-13(14)7-12/h10-15,17H,4-9H2,1-3H3. The summed E-state index contributed by atoms with van der Waals surface area (Å²) in [6.07, 6.45) is 6.71. The van der Waals surface area contributed by atoms with Gasteiger partial charge >= 0.3 is 0 Å². The molecule has 19 heavy (non-hydrogen) atoms. The van der Waals surface area contributed by atoms with E-state index in [1.807, 2.05) is 0 Å². The van der Waals surface area contributed by atoms with Crippen LogP contribution in [0.1, 0.15) is 52.9 Å². The third kappa shape index (κ3) is 2.20. The van der Waals surface area contributed by atoms with E-state index in [9.17, 15) is 4.79 Å². The van der Waals surface area contributed by atoms with Crippen molar-refractivity contribution in [2.75, 3.05) is 6.67 Å². The molecule has 3 aliphatic rings. The smallest absolute Gasteiger partial charge is 0.241 e. The first-order valence-corrected chi connectivity index (χ1v) is 8.15. The maximum atomic E-state index is 12.6. The number of fused-ring (bicyclic) bond motifs is 2. The molecule has 3 rings (SSSR count). The van der Waals surface area contributed by atoms with E-state index in [0.717, 1.165) is 30.8 Å². The topological polar surface area (TPSA) is 32.3 Å². The molecule has 1 N–H and O–H groups in total. The Bertz CT molecular complexity index is 357. The summed E-state index contributed by atoms with van der Waals surface area (Å²) in [6.45, 7) is 7.40. The van der Waals surface area contributed by atoms with Crippen molar-refractivity contribution in [1.82, 2.24) is 10.2 Å². The average molecular weight is 264 g/mol. The molecule has 3 heteroatoms. The second kappa shape index (κ2) is 5.08. The molecule has 1 aliphatic heterocycles. The van der Waals surface area contributed by atoms with Crippen molar-refractivity contribution >= 4 is 5.91 Å². The molecule has 0 aromatic rings. The highest BCUT2D eigenvalue weighted by Gasteiger charge is 2.46. The predicted molar refractivity (Wildman–Crippen MR) is 76.5 cm³/mol. The largest absolute Gasteiger partial charge is 0.326 e. The minimum Gasteiger partial charge on any atom is -0.326 e. The zero-order chi connectivity index (χ0) is 13.6. The molecule has 1 heterocycles. The first-order valence-electron chi connectivity index (χ1n) is 8.15. The molecule has 108 valence electrons. The lowest BCUT2D eigenvalue weighted by molar-refractivity contribution is -0.132. The molecular weight excluding hydrogens is 236 g/mol. The normalized spacial score (nSPS) is 41.0. The van der Waals surface area contributed by atoms with E-state index >= 15 is 0 Å². The Balaban J connectivity index is 1.65. The van der Waals surface area contributed by atoms with Gasteiger partial charge in [-0.15, -0.1) is 0 Å². The summed E-state index contributed by atoms with van der Waals surface area (Å²) in [5.74, 6) is 3.43. The molecule has 0 spiro atoms. The zero-order valence-corrected chi connectivity index (χ0v) is 12.6. The number of carbonyl (C=O) groups is 1. The average Bonchev–Trinajstić information content (AvgIpc) is 3.11. The fourth-order valence-electron chi connectivity index (χ4n) is 4.68. The fraction of sp³-hybridized carbons (Fsp3) is 0.938. The van der Waals surface area contributed by atoms with Crippen LogP contribution >= 0.6 is 0 Å². The number of nitrogens with zero attached hydrogens (tertiary/aromatic N) is 1. The zero-order valence-electron chi connectivity index (χ0n) is 12.6. The molecule has 2 aliphatic carbocycles. The molecule has 0 aromatic heterocycles. The van der Waals surface area contributed by atoms with Gasteiger partial charge in [-0.05, 0) is 49.9 Å². The number of amides is 1. The summed E-state index contributed by atoms with van der Waals surface area (Å²) in [4.78, 5) is 14.7. The second-order valence-corrected chi connectivity index (χ2v) is 7.11. The van der Waals surface area contributed by atoms with Gasteiger partial charge in [-0.3, -0.25) is 10.1 Å². The molecule has 6 atom stereocenters. The van der Waals surface area contributed by atoms with Gasteiger partial charge in [0.05, 0.1) is 12.7 Å². The van der Waals surface area contributed by atoms with Crippen molar-refractivity contribution in [2.24, 2.45) is 23.7 Å². The Morgan fingerprint density at radius 1 is 1.32 bits per heavy atom. The van der Waals surface area contributed by atoms with Crippen molar-refractivity contribution in [3.63, 3.8) is 0 Å². The Morgan fingerprint density at radius 2 is 2.11 bits per heavy atom. The predicted octanol–water partition coefficient (Wildman–Crippen LogP) is 2.62. The van der Waals surface area contributed by atoms with Crippen LogP contribution in [0.4, 0.5) is 0 Å². The highest BCUT2D eigenvalue weighted by Crippen LogP contribution is 2.50. The van der Waals surface area contributed by atoms with Crippen LogP contribution in [-0.4, -0.2) is 29.6 Å². The first-order chi connectivity index (χ1) is 9.11. The monoisotopic (exact) mass is 264 g/mol. The van der Waals surface area contributed by atoms with Crippen molar-refractivity contribution in [3.8, 4) is 0 Å². The maximum Gasteiger partial charge on any atom is 0.241 e. The third-order valence-electron chi connectivity index (χ3n) is 6.15. The van der Waals surface area contributed by atoms with Crippen LogP contribution in [0.5, 0.6) is 0 Å². The molecule has 2 saturated carbocycles. The van der Waals surface area contributed by atoms with Crippen molar-refractivity contribution in [3.05, 3.63) is 0 Å². The summed E-state index contributed by atoms with van der Waals surface area (Å²) in [5, 5.41) is 3.43. The molecular formula is C16H28N2O. The summed E-state index contributed by atoms with van der Waals surface area (Å²) in [7, 11) is 0. The van der Waals surface area contributed by atoms with E-state index in [-0.39, 0.29) is 6.04 Å². The van der Waals surface area contributed by atoms with Gasteiger partial charge < -0.3 is 4.90 Å². The van der Waals surface area contributed by atoms with Gasteiger partial charge in [-0.1, -0.05) is 26.7 Å². The Hall–Kier alpha value is -0.570. The molecule has 3 fully saturated rings. The summed E-state index contributed by atoms with van der Waals surface area (Å²) < 4.78 is 0. The maximum absolute atomic E-state index is 12.6. The number of rotatable bonds is 4. The number of nitrogens with one attached hydrogen (secondary N) is 1. The lowest BCUT2D eigenvalue weighted by atomic mass is 9.83. The van der Waals surface area contributed by atoms with Crippen LogP contribution in [0.3, 0.4) is 0 Å². The summed E-state index contributed by atoms with van der Waals surface area (Å²) >= 11 is 0. The highest BCUT2D eigenvalue weighted by molar-refractivity contribution is 5.84. The minimum atomic E-state index is 0.0611. The van der Waals surface area contributed by atoms with Crippen LogP contribution in [-0.2, 0) is 4.79 Å². The van der Waals surface area contributed by atoms with E-state index in [2.05, 4.69) is 31.0 Å². The van der Waals surface area contributed by atoms with Crippen LogP contribution in [0.2, 0.25) is 0 Å². The lowest BCUT2D eigenvalue weighted by Crippen LogP contribution is -2.43. The van der Waals surface area contributed by atoms with Crippen molar-refractivity contribution in [2.45, 2.75) is 65.0 Å². The van der Waals surface area contributed by atoms with E-state index in [0.29, 0.717) is 17.9 Å². The third-order valence-corrected chi connectivity index (χ3v) is 6.15. The second-order valence-electron chi connectivity index (χ2n) is 7.11. The van der Waals surface area contributed by atoms with Crippen LogP contribution in [0, 0.1) is 23.7 Å². The SMILES string of the molecule is CCC(C)C1NCN(C(C)C2CC3CCC2C3)C1=O. The Morgan fingerprint density at radius 3 is 2.68 bits per heavy atom. The number of hydrogen-bond donors (Lipinski definition) is 1. The van der Waals surface area contributed by atoms with Crippen molar-refractivity contribution in [1.29, 1.82) is 0 Å². The van der Waals surface area contributed by atoms with E-state index in [1.165, 1.54) is 25.7 Å². The molecule has 0 radical (unpaired) electrons. The summed E-state index contributed by atoms with van der Waals surface area (Å²) in [5.41, 5.74) is 0. The van der Waals surface area contributed by atoms with Gasteiger partial charge in [0.15, 0.2) is 0 Å². The quantitative estimate of drug-likeness (QED) is 0.846. The van der Waals surface area contributed by atoms with Gasteiger partial charge in [-0.25, -0.2) is 0 Å². The van der Waals surface area contributed by atoms with E-state index in [4.69, 9.17) is 0 Å².